The monoisotopic (exact) mass is 641 g/mol. The van der Waals surface area contributed by atoms with Gasteiger partial charge in [-0.15, -0.1) is 22.7 Å². The number of hydrogen-bond acceptors (Lipinski definition) is 9. The Hall–Kier alpha value is -3.90. The van der Waals surface area contributed by atoms with E-state index in [2.05, 4.69) is 20.6 Å². The molecule has 0 fully saturated rings. The van der Waals surface area contributed by atoms with Gasteiger partial charge in [0.1, 0.15) is 0 Å². The molecule has 43 heavy (non-hydrogen) atoms. The minimum absolute atomic E-state index is 0.0713. The van der Waals surface area contributed by atoms with Gasteiger partial charge in [-0.3, -0.25) is 9.59 Å². The lowest BCUT2D eigenvalue weighted by Crippen LogP contribution is -2.30. The predicted molar refractivity (Wildman–Crippen MR) is 181 cm³/mol. The molecule has 0 bridgehead atoms. The van der Waals surface area contributed by atoms with E-state index in [0.29, 0.717) is 11.4 Å². The van der Waals surface area contributed by atoms with E-state index < -0.39 is 0 Å². The molecule has 4 N–H and O–H groups in total. The summed E-state index contributed by atoms with van der Waals surface area (Å²) in [4.78, 5) is 35.3. The van der Waals surface area contributed by atoms with E-state index in [9.17, 15) is 9.59 Å². The number of nitrogens with zero attached hydrogens (tertiary/aromatic N) is 2. The van der Waals surface area contributed by atoms with Gasteiger partial charge in [0.15, 0.2) is 8.68 Å². The number of thioether (sulfide) groups is 2. The molecule has 2 heterocycles. The van der Waals surface area contributed by atoms with Gasteiger partial charge in [0, 0.05) is 11.4 Å². The van der Waals surface area contributed by atoms with Crippen LogP contribution in [0.15, 0.2) is 106 Å². The average molecular weight is 642 g/mol. The quantitative estimate of drug-likeness (QED) is 0.104. The molecular weight excluding hydrogens is 615 g/mol. The number of nitrogens with one attached hydrogen (secondary N) is 2. The molecule has 0 radical (unpaired) electrons. The molecule has 0 saturated carbocycles. The van der Waals surface area contributed by atoms with Crippen molar-refractivity contribution < 1.29 is 9.59 Å². The van der Waals surface area contributed by atoms with Gasteiger partial charge in [-0.05, 0) is 54.4 Å². The topological polar surface area (TPSA) is 110 Å². The number of anilines is 2. The highest BCUT2D eigenvalue weighted by Crippen LogP contribution is 2.34. The van der Waals surface area contributed by atoms with Crippen molar-refractivity contribution in [1.82, 2.24) is 15.3 Å². The van der Waals surface area contributed by atoms with Crippen molar-refractivity contribution in [2.24, 2.45) is 0 Å². The molecular formula is C32H27N5O2S4. The predicted octanol–water partition coefficient (Wildman–Crippen LogP) is 7.61. The highest BCUT2D eigenvalue weighted by atomic mass is 32.2. The Morgan fingerprint density at radius 2 is 1.42 bits per heavy atom. The summed E-state index contributed by atoms with van der Waals surface area (Å²) in [5.74, 6) is 0.0652. The first-order chi connectivity index (χ1) is 20.9. The maximum atomic E-state index is 13.0. The second kappa shape index (κ2) is 13.2. The lowest BCUT2D eigenvalue weighted by molar-refractivity contribution is -0.119. The van der Waals surface area contributed by atoms with E-state index in [-0.39, 0.29) is 28.9 Å². The van der Waals surface area contributed by atoms with E-state index in [1.165, 1.54) is 46.2 Å². The lowest BCUT2D eigenvalue weighted by Gasteiger charge is -2.19. The van der Waals surface area contributed by atoms with Gasteiger partial charge in [-0.1, -0.05) is 84.2 Å². The van der Waals surface area contributed by atoms with E-state index in [4.69, 9.17) is 5.73 Å². The smallest absolute Gasteiger partial charge is 0.237 e. The van der Waals surface area contributed by atoms with Crippen LogP contribution >= 0.6 is 46.2 Å². The molecule has 0 aliphatic heterocycles. The molecule has 0 saturated heterocycles. The van der Waals surface area contributed by atoms with Crippen LogP contribution in [0.1, 0.15) is 24.1 Å². The summed E-state index contributed by atoms with van der Waals surface area (Å²) in [7, 11) is 0. The van der Waals surface area contributed by atoms with Crippen molar-refractivity contribution in [1.29, 1.82) is 0 Å². The van der Waals surface area contributed by atoms with E-state index in [1.807, 2.05) is 104 Å². The summed E-state index contributed by atoms with van der Waals surface area (Å²) in [5.41, 5.74) is 11.0. The van der Waals surface area contributed by atoms with Crippen LogP contribution in [0.2, 0.25) is 0 Å². The SMILES string of the molecule is C[C@@H](Sc1nc2ccc(N)cc2s1)C(=O)Nc1ccc2nc(SCC(=O)NC(c3ccccc3)c3ccccc3)sc2c1. The number of fused-ring (bicyclic) bond motifs is 2. The second-order valence-corrected chi connectivity index (χ2v) is 14.6. The highest BCUT2D eigenvalue weighted by Gasteiger charge is 2.19. The van der Waals surface area contributed by atoms with Gasteiger partial charge in [-0.25, -0.2) is 9.97 Å². The number of carbonyl (C=O) groups excluding carboxylic acids is 2. The first kappa shape index (κ1) is 29.2. The van der Waals surface area contributed by atoms with Crippen LogP contribution in [-0.2, 0) is 9.59 Å². The Morgan fingerprint density at radius 3 is 2.12 bits per heavy atom. The van der Waals surface area contributed by atoms with Crippen LogP contribution in [0.3, 0.4) is 0 Å². The molecule has 6 rings (SSSR count). The lowest BCUT2D eigenvalue weighted by atomic mass is 9.99. The summed E-state index contributed by atoms with van der Waals surface area (Å²) in [6.07, 6.45) is 0. The molecule has 11 heteroatoms. The van der Waals surface area contributed by atoms with Crippen LogP contribution in [-0.4, -0.2) is 32.8 Å². The number of carbonyl (C=O) groups is 2. The molecule has 6 aromatic rings. The van der Waals surface area contributed by atoms with E-state index >= 15 is 0 Å². The molecule has 0 aliphatic rings. The summed E-state index contributed by atoms with van der Waals surface area (Å²) in [5, 5.41) is 5.86. The Balaban J connectivity index is 1.06. The summed E-state index contributed by atoms with van der Waals surface area (Å²) >= 11 is 5.86. The molecule has 0 aliphatic carbocycles. The minimum Gasteiger partial charge on any atom is -0.399 e. The molecule has 1 atom stereocenters. The molecule has 0 spiro atoms. The third kappa shape index (κ3) is 7.19. The molecule has 2 aromatic heterocycles. The molecule has 2 amide bonds. The Labute approximate surface area is 265 Å². The zero-order valence-electron chi connectivity index (χ0n) is 23.0. The zero-order chi connectivity index (χ0) is 29.8. The highest BCUT2D eigenvalue weighted by molar-refractivity contribution is 8.02. The van der Waals surface area contributed by atoms with Crippen molar-refractivity contribution in [2.75, 3.05) is 16.8 Å². The van der Waals surface area contributed by atoms with Gasteiger partial charge >= 0.3 is 0 Å². The number of thiazole rings is 2. The fourth-order valence-corrected chi connectivity index (χ4v) is 8.62. The summed E-state index contributed by atoms with van der Waals surface area (Å²) in [6, 6.07) is 31.0. The van der Waals surface area contributed by atoms with Crippen molar-refractivity contribution in [3.63, 3.8) is 0 Å². The molecule has 7 nitrogen and oxygen atoms in total. The minimum atomic E-state index is -0.338. The van der Waals surface area contributed by atoms with Crippen molar-refractivity contribution in [2.45, 2.75) is 26.9 Å². The number of aromatic nitrogens is 2. The third-order valence-corrected chi connectivity index (χ3v) is 10.9. The number of nitrogens with two attached hydrogens (primary N) is 1. The number of nitrogen functional groups attached to an aromatic ring is 1. The standard InChI is InChI=1S/C32H27N5O2S4/c1-19(41-32-36-24-14-12-22(33)16-26(24)43-32)30(39)34-23-13-15-25-27(17-23)42-31(35-25)40-18-28(38)37-29(20-8-4-2-5-9-20)21-10-6-3-7-11-21/h2-17,19,29H,18,33H2,1H3,(H,34,39)(H,37,38)/t19-/m1/s1. The van der Waals surface area contributed by atoms with Crippen LogP contribution in [0.4, 0.5) is 11.4 Å². The number of hydrogen-bond donors (Lipinski definition) is 3. The summed E-state index contributed by atoms with van der Waals surface area (Å²) in [6.45, 7) is 1.87. The maximum Gasteiger partial charge on any atom is 0.237 e. The Kier molecular flexibility index (Phi) is 8.94. The second-order valence-electron chi connectivity index (χ2n) is 9.73. The first-order valence-corrected chi connectivity index (χ1v) is 17.0. The Bertz CT molecular complexity index is 1850. The zero-order valence-corrected chi connectivity index (χ0v) is 26.3. The molecule has 4 aromatic carbocycles. The average Bonchev–Trinajstić information content (AvgIpc) is 3.62. The van der Waals surface area contributed by atoms with Gasteiger partial charge in [-0.2, -0.15) is 0 Å². The van der Waals surface area contributed by atoms with E-state index in [1.54, 1.807) is 0 Å². The van der Waals surface area contributed by atoms with Crippen molar-refractivity contribution >= 4 is 89.8 Å². The summed E-state index contributed by atoms with van der Waals surface area (Å²) < 4.78 is 3.57. The number of rotatable bonds is 10. The largest absolute Gasteiger partial charge is 0.399 e. The van der Waals surface area contributed by atoms with Crippen molar-refractivity contribution in [3.8, 4) is 0 Å². The van der Waals surface area contributed by atoms with Gasteiger partial charge in [0.25, 0.3) is 0 Å². The van der Waals surface area contributed by atoms with Crippen LogP contribution in [0, 0.1) is 0 Å². The van der Waals surface area contributed by atoms with Gasteiger partial charge < -0.3 is 16.4 Å². The number of amides is 2. The third-order valence-electron chi connectivity index (χ3n) is 6.57. The Morgan fingerprint density at radius 1 is 0.814 bits per heavy atom. The molecule has 216 valence electrons. The number of benzene rings is 4. The normalized spacial score (nSPS) is 12.0. The van der Waals surface area contributed by atoms with Gasteiger partial charge in [0.2, 0.25) is 11.8 Å². The molecule has 0 unspecified atom stereocenters. The van der Waals surface area contributed by atoms with Crippen molar-refractivity contribution in [3.05, 3.63) is 108 Å². The van der Waals surface area contributed by atoms with E-state index in [0.717, 1.165) is 40.2 Å². The van der Waals surface area contributed by atoms with Crippen LogP contribution in [0.25, 0.3) is 20.4 Å². The van der Waals surface area contributed by atoms with Gasteiger partial charge in [0.05, 0.1) is 37.5 Å². The van der Waals surface area contributed by atoms with Crippen LogP contribution in [0.5, 0.6) is 0 Å². The first-order valence-electron chi connectivity index (χ1n) is 13.5. The fraction of sp³-hybridized carbons (Fsp3) is 0.125. The van der Waals surface area contributed by atoms with Crippen LogP contribution < -0.4 is 16.4 Å². The maximum absolute atomic E-state index is 13.0. The fourth-order valence-electron chi connectivity index (χ4n) is 4.44.